The van der Waals surface area contributed by atoms with Crippen LogP contribution < -0.4 is 9.47 Å². The number of rotatable bonds is 6. The van der Waals surface area contributed by atoms with Gasteiger partial charge in [-0.2, -0.15) is 0 Å². The van der Waals surface area contributed by atoms with Crippen LogP contribution in [0.15, 0.2) is 23.1 Å². The lowest BCUT2D eigenvalue weighted by Crippen LogP contribution is -2.43. The molecule has 9 heteroatoms. The summed E-state index contributed by atoms with van der Waals surface area (Å²) in [5, 5.41) is -0.303. The van der Waals surface area contributed by atoms with Crippen LogP contribution in [0.25, 0.3) is 6.08 Å². The Morgan fingerprint density at radius 3 is 2.61 bits per heavy atom. The lowest BCUT2D eigenvalue weighted by molar-refractivity contribution is -0.137. The molecule has 0 aromatic heterocycles. The molecule has 2 aliphatic rings. The predicted molar refractivity (Wildman–Crippen MR) is 104 cm³/mol. The summed E-state index contributed by atoms with van der Waals surface area (Å²) >= 11 is 0.896. The van der Waals surface area contributed by atoms with E-state index in [1.165, 1.54) is 7.05 Å². The molecule has 1 aromatic carbocycles. The molecular formula is C19H22N2O6S. The van der Waals surface area contributed by atoms with E-state index in [1.807, 2.05) is 6.92 Å². The van der Waals surface area contributed by atoms with Gasteiger partial charge >= 0.3 is 0 Å². The highest BCUT2D eigenvalue weighted by Gasteiger charge is 2.31. The highest BCUT2D eigenvalue weighted by molar-refractivity contribution is 8.18. The second kappa shape index (κ2) is 9.11. The molecule has 0 aliphatic carbocycles. The summed E-state index contributed by atoms with van der Waals surface area (Å²) in [6.45, 7) is 4.37. The number of hydrogen-bond donors (Lipinski definition) is 0. The SMILES string of the molecule is CCOc1cc(/C=C2\SC(=O)N(C)C2=O)ccc1OCC(=O)N1CCOCC1. The van der Waals surface area contributed by atoms with Crippen molar-refractivity contribution in [2.75, 3.05) is 46.6 Å². The molecule has 28 heavy (non-hydrogen) atoms. The number of hydrogen-bond acceptors (Lipinski definition) is 7. The zero-order valence-corrected chi connectivity index (χ0v) is 16.6. The molecule has 0 atom stereocenters. The molecule has 0 N–H and O–H groups in total. The molecule has 0 unspecified atom stereocenters. The first kappa shape index (κ1) is 20.2. The van der Waals surface area contributed by atoms with Gasteiger partial charge in [0, 0.05) is 20.1 Å². The lowest BCUT2D eigenvalue weighted by atomic mass is 10.2. The first-order valence-corrected chi connectivity index (χ1v) is 9.78. The molecule has 0 bridgehead atoms. The van der Waals surface area contributed by atoms with Crippen molar-refractivity contribution in [3.8, 4) is 11.5 Å². The molecule has 2 aliphatic heterocycles. The third-order valence-corrected chi connectivity index (χ3v) is 5.23. The van der Waals surface area contributed by atoms with Gasteiger partial charge in [-0.15, -0.1) is 0 Å². The minimum absolute atomic E-state index is 0.0891. The van der Waals surface area contributed by atoms with E-state index in [9.17, 15) is 14.4 Å². The van der Waals surface area contributed by atoms with Crippen molar-refractivity contribution in [3.63, 3.8) is 0 Å². The van der Waals surface area contributed by atoms with E-state index in [-0.39, 0.29) is 23.7 Å². The van der Waals surface area contributed by atoms with Crippen molar-refractivity contribution in [1.29, 1.82) is 0 Å². The summed E-state index contributed by atoms with van der Waals surface area (Å²) in [6, 6.07) is 5.17. The van der Waals surface area contributed by atoms with Gasteiger partial charge in [0.15, 0.2) is 18.1 Å². The molecule has 1 aromatic rings. The number of likely N-dealkylation sites (N-methyl/N-ethyl adjacent to an activating group) is 1. The average molecular weight is 406 g/mol. The Morgan fingerprint density at radius 2 is 1.96 bits per heavy atom. The summed E-state index contributed by atoms with van der Waals surface area (Å²) in [6.07, 6.45) is 1.64. The van der Waals surface area contributed by atoms with Gasteiger partial charge in [-0.3, -0.25) is 19.3 Å². The molecule has 0 saturated carbocycles. The zero-order valence-electron chi connectivity index (χ0n) is 15.8. The fourth-order valence-corrected chi connectivity index (χ4v) is 3.57. The molecular weight excluding hydrogens is 384 g/mol. The van der Waals surface area contributed by atoms with Crippen LogP contribution in [0.4, 0.5) is 4.79 Å². The average Bonchev–Trinajstić information content (AvgIpc) is 2.94. The monoisotopic (exact) mass is 406 g/mol. The Bertz CT molecular complexity index is 804. The fourth-order valence-electron chi connectivity index (χ4n) is 2.74. The van der Waals surface area contributed by atoms with E-state index in [1.54, 1.807) is 29.2 Å². The second-order valence-electron chi connectivity index (χ2n) is 6.16. The Morgan fingerprint density at radius 1 is 1.21 bits per heavy atom. The maximum Gasteiger partial charge on any atom is 0.293 e. The van der Waals surface area contributed by atoms with Gasteiger partial charge < -0.3 is 19.1 Å². The number of ether oxygens (including phenoxy) is 3. The number of imide groups is 1. The third kappa shape index (κ3) is 4.66. The lowest BCUT2D eigenvalue weighted by Gasteiger charge is -2.26. The van der Waals surface area contributed by atoms with Crippen molar-refractivity contribution in [2.45, 2.75) is 6.92 Å². The maximum atomic E-state index is 12.3. The highest BCUT2D eigenvalue weighted by atomic mass is 32.2. The number of thioether (sulfide) groups is 1. The number of benzene rings is 1. The highest BCUT2D eigenvalue weighted by Crippen LogP contribution is 2.34. The van der Waals surface area contributed by atoms with Crippen LogP contribution in [0.1, 0.15) is 12.5 Å². The third-order valence-electron chi connectivity index (χ3n) is 4.27. The van der Waals surface area contributed by atoms with Gasteiger partial charge in [0.1, 0.15) is 0 Å². The minimum Gasteiger partial charge on any atom is -0.490 e. The normalized spacial score (nSPS) is 18.7. The first-order chi connectivity index (χ1) is 13.5. The van der Waals surface area contributed by atoms with Gasteiger partial charge in [-0.25, -0.2) is 0 Å². The number of nitrogens with zero attached hydrogens (tertiary/aromatic N) is 2. The van der Waals surface area contributed by atoms with Gasteiger partial charge in [-0.05, 0) is 42.5 Å². The van der Waals surface area contributed by atoms with Crippen molar-refractivity contribution in [2.24, 2.45) is 0 Å². The van der Waals surface area contributed by atoms with Crippen molar-refractivity contribution in [1.82, 2.24) is 9.80 Å². The van der Waals surface area contributed by atoms with Crippen molar-refractivity contribution in [3.05, 3.63) is 28.7 Å². The maximum absolute atomic E-state index is 12.3. The minimum atomic E-state index is -0.329. The summed E-state index contributed by atoms with van der Waals surface area (Å²) in [4.78, 5) is 39.1. The largest absolute Gasteiger partial charge is 0.490 e. The fraction of sp³-hybridized carbons (Fsp3) is 0.421. The second-order valence-corrected chi connectivity index (χ2v) is 7.15. The Balaban J connectivity index is 1.71. The Labute approximate surface area is 167 Å². The molecule has 0 spiro atoms. The summed E-state index contributed by atoms with van der Waals surface area (Å²) < 4.78 is 16.5. The predicted octanol–water partition coefficient (Wildman–Crippen LogP) is 1.99. The number of morpholine rings is 1. The first-order valence-electron chi connectivity index (χ1n) is 8.96. The molecule has 0 radical (unpaired) electrons. The van der Waals surface area contributed by atoms with Gasteiger partial charge in [0.05, 0.1) is 24.7 Å². The molecule has 3 rings (SSSR count). The molecule has 8 nitrogen and oxygen atoms in total. The summed E-state index contributed by atoms with van der Waals surface area (Å²) in [7, 11) is 1.45. The van der Waals surface area contributed by atoms with E-state index >= 15 is 0 Å². The molecule has 2 saturated heterocycles. The van der Waals surface area contributed by atoms with Crippen LogP contribution in [0.5, 0.6) is 11.5 Å². The quantitative estimate of drug-likeness (QED) is 0.668. The Hall–Kier alpha value is -2.52. The van der Waals surface area contributed by atoms with Crippen molar-refractivity contribution >= 4 is 34.9 Å². The number of carbonyl (C=O) groups excluding carboxylic acids is 3. The number of carbonyl (C=O) groups is 3. The van der Waals surface area contributed by atoms with Gasteiger partial charge in [0.25, 0.3) is 17.1 Å². The molecule has 150 valence electrons. The number of amides is 3. The van der Waals surface area contributed by atoms with E-state index < -0.39 is 0 Å². The zero-order chi connectivity index (χ0) is 20.1. The van der Waals surface area contributed by atoms with E-state index in [0.29, 0.717) is 54.9 Å². The van der Waals surface area contributed by atoms with E-state index in [0.717, 1.165) is 16.7 Å². The molecule has 2 heterocycles. The Kier molecular flexibility index (Phi) is 6.58. The summed E-state index contributed by atoms with van der Waals surface area (Å²) in [5.74, 6) is 0.488. The van der Waals surface area contributed by atoms with Crippen LogP contribution >= 0.6 is 11.8 Å². The molecule has 3 amide bonds. The van der Waals surface area contributed by atoms with Crippen molar-refractivity contribution < 1.29 is 28.6 Å². The topological polar surface area (TPSA) is 85.4 Å². The summed E-state index contributed by atoms with van der Waals surface area (Å²) in [5.41, 5.74) is 0.703. The molecule has 2 fully saturated rings. The van der Waals surface area contributed by atoms with E-state index in [4.69, 9.17) is 14.2 Å². The van der Waals surface area contributed by atoms with Crippen LogP contribution in [0.3, 0.4) is 0 Å². The van der Waals surface area contributed by atoms with Crippen LogP contribution in [0, 0.1) is 0 Å². The van der Waals surface area contributed by atoms with Crippen LogP contribution in [0.2, 0.25) is 0 Å². The van der Waals surface area contributed by atoms with E-state index in [2.05, 4.69) is 0 Å². The smallest absolute Gasteiger partial charge is 0.293 e. The standard InChI is InChI=1S/C19H22N2O6S/c1-3-26-15-10-13(11-16-18(23)20(2)19(24)28-16)4-5-14(15)27-12-17(22)21-6-8-25-9-7-21/h4-5,10-11H,3,6-9,12H2,1-2H3/b16-11-. The van der Waals surface area contributed by atoms with Gasteiger partial charge in [-0.1, -0.05) is 6.07 Å². The van der Waals surface area contributed by atoms with Crippen LogP contribution in [-0.4, -0.2) is 73.4 Å². The van der Waals surface area contributed by atoms with Crippen LogP contribution in [-0.2, 0) is 14.3 Å². The van der Waals surface area contributed by atoms with Gasteiger partial charge in [0.2, 0.25) is 0 Å².